The molecule has 1 saturated carbocycles. The first-order valence-corrected chi connectivity index (χ1v) is 8.19. The summed E-state index contributed by atoms with van der Waals surface area (Å²) in [6, 6.07) is 6.63. The van der Waals surface area contributed by atoms with Gasteiger partial charge in [-0.2, -0.15) is 0 Å². The molecule has 1 unspecified atom stereocenters. The summed E-state index contributed by atoms with van der Waals surface area (Å²) in [7, 11) is 0. The highest BCUT2D eigenvalue weighted by atomic mass is 16.5. The summed E-state index contributed by atoms with van der Waals surface area (Å²) in [6.07, 6.45) is 8.23. The summed E-state index contributed by atoms with van der Waals surface area (Å²) in [6.45, 7) is 5.65. The van der Waals surface area contributed by atoms with Gasteiger partial charge in [-0.3, -0.25) is 0 Å². The molecule has 1 atom stereocenters. The number of hydrogen-bond acceptors (Lipinski definition) is 2. The minimum Gasteiger partial charge on any atom is -0.494 e. The molecule has 1 aliphatic rings. The molecule has 2 rings (SSSR count). The highest BCUT2D eigenvalue weighted by Crippen LogP contribution is 2.36. The number of ether oxygens (including phenoxy) is 1. The van der Waals surface area contributed by atoms with Crippen molar-refractivity contribution in [3.05, 3.63) is 29.3 Å². The quantitative estimate of drug-likeness (QED) is 0.808. The van der Waals surface area contributed by atoms with E-state index in [4.69, 9.17) is 10.5 Å². The minimum atomic E-state index is 0.516. The molecule has 0 spiro atoms. The molecule has 0 aliphatic heterocycles. The zero-order chi connectivity index (χ0) is 14.4. The second-order valence-electron chi connectivity index (χ2n) is 6.05. The van der Waals surface area contributed by atoms with Crippen LogP contribution in [0.4, 0.5) is 0 Å². The zero-order valence-electron chi connectivity index (χ0n) is 13.0. The Labute approximate surface area is 123 Å². The number of rotatable bonds is 5. The molecule has 0 radical (unpaired) electrons. The number of nitrogens with two attached hydrogens (primary N) is 1. The van der Waals surface area contributed by atoms with E-state index in [1.54, 1.807) is 0 Å². The molecule has 1 fully saturated rings. The highest BCUT2D eigenvalue weighted by molar-refractivity contribution is 5.38. The molecule has 2 nitrogen and oxygen atoms in total. The van der Waals surface area contributed by atoms with Crippen LogP contribution in [-0.4, -0.2) is 13.2 Å². The van der Waals surface area contributed by atoms with E-state index in [1.807, 2.05) is 6.92 Å². The Bertz CT molecular complexity index is 408. The van der Waals surface area contributed by atoms with Gasteiger partial charge < -0.3 is 10.5 Å². The fourth-order valence-corrected chi connectivity index (χ4v) is 3.53. The maximum Gasteiger partial charge on any atom is 0.122 e. The maximum atomic E-state index is 6.10. The van der Waals surface area contributed by atoms with Crippen LogP contribution in [0.2, 0.25) is 0 Å². The fraction of sp³-hybridized carbons (Fsp3) is 0.667. The Morgan fingerprint density at radius 3 is 2.45 bits per heavy atom. The van der Waals surface area contributed by atoms with Crippen molar-refractivity contribution in [2.75, 3.05) is 13.2 Å². The van der Waals surface area contributed by atoms with Gasteiger partial charge in [0.2, 0.25) is 0 Å². The van der Waals surface area contributed by atoms with Gasteiger partial charge in [0.1, 0.15) is 5.75 Å². The van der Waals surface area contributed by atoms with Gasteiger partial charge >= 0.3 is 0 Å². The predicted molar refractivity (Wildman–Crippen MR) is 85.3 cm³/mol. The van der Waals surface area contributed by atoms with E-state index >= 15 is 0 Å². The standard InChI is InChI=1S/C18H29NO/c1-3-20-18-11-10-16(12-14(18)2)17(13-19)15-8-6-4-5-7-9-15/h10-12,15,17H,3-9,13,19H2,1-2H3. The Morgan fingerprint density at radius 1 is 1.20 bits per heavy atom. The molecule has 1 aromatic carbocycles. The first-order valence-electron chi connectivity index (χ1n) is 8.19. The molecule has 0 aromatic heterocycles. The van der Waals surface area contributed by atoms with E-state index in [2.05, 4.69) is 25.1 Å². The van der Waals surface area contributed by atoms with Crippen molar-refractivity contribution < 1.29 is 4.74 Å². The molecule has 2 N–H and O–H groups in total. The second kappa shape index (κ2) is 7.68. The van der Waals surface area contributed by atoms with E-state index in [1.165, 1.54) is 49.7 Å². The molecule has 20 heavy (non-hydrogen) atoms. The third-order valence-corrected chi connectivity index (χ3v) is 4.65. The van der Waals surface area contributed by atoms with Crippen molar-refractivity contribution in [3.8, 4) is 5.75 Å². The SMILES string of the molecule is CCOc1ccc(C(CN)C2CCCCCC2)cc1C. The topological polar surface area (TPSA) is 35.2 Å². The lowest BCUT2D eigenvalue weighted by atomic mass is 9.81. The maximum absolute atomic E-state index is 6.10. The molecular formula is C18H29NO. The van der Waals surface area contributed by atoms with E-state index < -0.39 is 0 Å². The molecule has 0 bridgehead atoms. The smallest absolute Gasteiger partial charge is 0.122 e. The normalized spacial score (nSPS) is 18.6. The lowest BCUT2D eigenvalue weighted by Crippen LogP contribution is -2.21. The van der Waals surface area contributed by atoms with Gasteiger partial charge in [0, 0.05) is 0 Å². The van der Waals surface area contributed by atoms with Gasteiger partial charge in [0.25, 0.3) is 0 Å². The van der Waals surface area contributed by atoms with E-state index in [0.29, 0.717) is 5.92 Å². The summed E-state index contributed by atoms with van der Waals surface area (Å²) < 4.78 is 5.64. The Balaban J connectivity index is 2.15. The zero-order valence-corrected chi connectivity index (χ0v) is 13.0. The van der Waals surface area contributed by atoms with Crippen LogP contribution in [0.15, 0.2) is 18.2 Å². The largest absolute Gasteiger partial charge is 0.494 e. The monoisotopic (exact) mass is 275 g/mol. The lowest BCUT2D eigenvalue weighted by molar-refractivity contribution is 0.337. The van der Waals surface area contributed by atoms with Gasteiger partial charge in [-0.05, 0) is 62.3 Å². The summed E-state index contributed by atoms with van der Waals surface area (Å²) in [4.78, 5) is 0. The van der Waals surface area contributed by atoms with E-state index in [0.717, 1.165) is 24.8 Å². The molecule has 0 heterocycles. The van der Waals surface area contributed by atoms with Crippen LogP contribution in [0.5, 0.6) is 5.75 Å². The summed E-state index contributed by atoms with van der Waals surface area (Å²) in [5.41, 5.74) is 8.74. The Kier molecular flexibility index (Phi) is 5.90. The van der Waals surface area contributed by atoms with Crippen molar-refractivity contribution in [3.63, 3.8) is 0 Å². The molecule has 0 saturated heterocycles. The van der Waals surface area contributed by atoms with Crippen LogP contribution < -0.4 is 10.5 Å². The van der Waals surface area contributed by atoms with Crippen LogP contribution in [0.25, 0.3) is 0 Å². The van der Waals surface area contributed by atoms with Crippen molar-refractivity contribution in [2.24, 2.45) is 11.7 Å². The van der Waals surface area contributed by atoms with Crippen molar-refractivity contribution in [2.45, 2.75) is 58.3 Å². The van der Waals surface area contributed by atoms with Gasteiger partial charge in [-0.25, -0.2) is 0 Å². The predicted octanol–water partition coefficient (Wildman–Crippen LogP) is 4.41. The fourth-order valence-electron chi connectivity index (χ4n) is 3.53. The summed E-state index contributed by atoms with van der Waals surface area (Å²) in [5.74, 6) is 2.29. The number of hydrogen-bond donors (Lipinski definition) is 1. The van der Waals surface area contributed by atoms with Crippen LogP contribution >= 0.6 is 0 Å². The van der Waals surface area contributed by atoms with E-state index in [9.17, 15) is 0 Å². The number of benzene rings is 1. The highest BCUT2D eigenvalue weighted by Gasteiger charge is 2.23. The average molecular weight is 275 g/mol. The molecule has 1 aliphatic carbocycles. The molecule has 1 aromatic rings. The second-order valence-corrected chi connectivity index (χ2v) is 6.05. The van der Waals surface area contributed by atoms with Crippen LogP contribution in [0, 0.1) is 12.8 Å². The van der Waals surface area contributed by atoms with Crippen LogP contribution in [0.1, 0.15) is 62.5 Å². The Morgan fingerprint density at radius 2 is 1.90 bits per heavy atom. The Hall–Kier alpha value is -1.02. The van der Waals surface area contributed by atoms with Crippen LogP contribution in [-0.2, 0) is 0 Å². The van der Waals surface area contributed by atoms with Crippen LogP contribution in [0.3, 0.4) is 0 Å². The lowest BCUT2D eigenvalue weighted by Gasteiger charge is -2.26. The first-order chi connectivity index (χ1) is 9.76. The van der Waals surface area contributed by atoms with Gasteiger partial charge in [-0.1, -0.05) is 37.8 Å². The third-order valence-electron chi connectivity index (χ3n) is 4.65. The average Bonchev–Trinajstić information content (AvgIpc) is 2.72. The van der Waals surface area contributed by atoms with Crippen molar-refractivity contribution >= 4 is 0 Å². The molecule has 112 valence electrons. The van der Waals surface area contributed by atoms with Crippen molar-refractivity contribution in [1.82, 2.24) is 0 Å². The van der Waals surface area contributed by atoms with Gasteiger partial charge in [0.05, 0.1) is 6.61 Å². The molecule has 0 amide bonds. The molecular weight excluding hydrogens is 246 g/mol. The molecule has 2 heteroatoms. The first kappa shape index (κ1) is 15.4. The summed E-state index contributed by atoms with van der Waals surface area (Å²) in [5, 5.41) is 0. The number of aryl methyl sites for hydroxylation is 1. The van der Waals surface area contributed by atoms with E-state index in [-0.39, 0.29) is 0 Å². The van der Waals surface area contributed by atoms with Crippen molar-refractivity contribution in [1.29, 1.82) is 0 Å². The van der Waals surface area contributed by atoms with Gasteiger partial charge in [-0.15, -0.1) is 0 Å². The van der Waals surface area contributed by atoms with Gasteiger partial charge in [0.15, 0.2) is 0 Å². The third kappa shape index (κ3) is 3.76. The minimum absolute atomic E-state index is 0.516. The summed E-state index contributed by atoms with van der Waals surface area (Å²) >= 11 is 0.